The van der Waals surface area contributed by atoms with Gasteiger partial charge in [-0.15, -0.1) is 0 Å². The normalized spacial score (nSPS) is 10.1. The molecule has 1 nitrogen and oxygen atoms in total. The van der Waals surface area contributed by atoms with Crippen LogP contribution in [0.15, 0.2) is 18.2 Å². The fraction of sp³-hybridized carbons (Fsp3) is 0.417. The molecular weight excluding hydrogens is 160 g/mol. The quantitative estimate of drug-likeness (QED) is 0.686. The molecule has 0 saturated heterocycles. The molecule has 0 aliphatic rings. The van der Waals surface area contributed by atoms with Crippen LogP contribution in [0.5, 0.6) is 5.75 Å². The van der Waals surface area contributed by atoms with Gasteiger partial charge in [0.25, 0.3) is 0 Å². The smallest absolute Gasteiger partial charge is 0.119 e. The molecule has 0 heterocycles. The largest absolute Gasteiger partial charge is 0.494 e. The molecule has 0 spiro atoms. The van der Waals surface area contributed by atoms with Crippen molar-refractivity contribution < 1.29 is 4.74 Å². The van der Waals surface area contributed by atoms with E-state index in [1.165, 1.54) is 5.56 Å². The predicted octanol–water partition coefficient (Wildman–Crippen LogP) is 3.22. The van der Waals surface area contributed by atoms with Crippen molar-refractivity contribution in [1.29, 1.82) is 0 Å². The lowest BCUT2D eigenvalue weighted by Crippen LogP contribution is -1.94. The molecule has 0 aliphatic carbocycles. The number of hydrogen-bond acceptors (Lipinski definition) is 1. The Morgan fingerprint density at radius 3 is 2.62 bits per heavy atom. The van der Waals surface area contributed by atoms with Gasteiger partial charge in [-0.2, -0.15) is 0 Å². The third-order valence-electron chi connectivity index (χ3n) is 2.01. The Kier molecular flexibility index (Phi) is 3.81. The maximum atomic E-state index is 5.38. The van der Waals surface area contributed by atoms with Gasteiger partial charge >= 0.3 is 0 Å². The zero-order valence-corrected chi connectivity index (χ0v) is 8.47. The first kappa shape index (κ1) is 10.1. The molecule has 1 heteroatoms. The topological polar surface area (TPSA) is 9.23 Å². The van der Waals surface area contributed by atoms with E-state index in [1.807, 2.05) is 19.1 Å². The highest BCUT2D eigenvalue weighted by Gasteiger charge is 1.99. The summed E-state index contributed by atoms with van der Waals surface area (Å²) < 4.78 is 5.38. The standard InChI is InChI=1S/C12H17O/c1-4-6-11-7-8-12(13-5-2)9-10(11)3/h7-9H,3-6H2,1-2H3. The van der Waals surface area contributed by atoms with E-state index in [2.05, 4.69) is 19.9 Å². The minimum Gasteiger partial charge on any atom is -0.494 e. The minimum atomic E-state index is 0.715. The first-order valence-corrected chi connectivity index (χ1v) is 4.85. The highest BCUT2D eigenvalue weighted by molar-refractivity contribution is 5.37. The molecule has 1 rings (SSSR count). The third kappa shape index (κ3) is 2.76. The zero-order chi connectivity index (χ0) is 9.68. The molecule has 1 aromatic carbocycles. The molecule has 0 bridgehead atoms. The van der Waals surface area contributed by atoms with Gasteiger partial charge in [0.1, 0.15) is 5.75 Å². The fourth-order valence-electron chi connectivity index (χ4n) is 1.37. The summed E-state index contributed by atoms with van der Waals surface area (Å²) in [5.74, 6) is 0.923. The van der Waals surface area contributed by atoms with Crippen molar-refractivity contribution in [1.82, 2.24) is 0 Å². The van der Waals surface area contributed by atoms with E-state index in [4.69, 9.17) is 4.74 Å². The monoisotopic (exact) mass is 177 g/mol. The van der Waals surface area contributed by atoms with Crippen LogP contribution in [0.2, 0.25) is 0 Å². The molecule has 1 radical (unpaired) electrons. The van der Waals surface area contributed by atoms with Crippen LogP contribution in [0, 0.1) is 6.92 Å². The zero-order valence-electron chi connectivity index (χ0n) is 8.47. The average Bonchev–Trinajstić information content (AvgIpc) is 2.10. The molecule has 0 aliphatic heterocycles. The van der Waals surface area contributed by atoms with E-state index in [0.29, 0.717) is 6.61 Å². The summed E-state index contributed by atoms with van der Waals surface area (Å²) in [4.78, 5) is 0. The number of rotatable bonds is 4. The number of ether oxygens (including phenoxy) is 1. The van der Waals surface area contributed by atoms with Crippen molar-refractivity contribution in [2.75, 3.05) is 6.61 Å². The predicted molar refractivity (Wildman–Crippen MR) is 56.1 cm³/mol. The van der Waals surface area contributed by atoms with Gasteiger partial charge < -0.3 is 4.74 Å². The summed E-state index contributed by atoms with van der Waals surface area (Å²) in [6.45, 7) is 8.88. The van der Waals surface area contributed by atoms with Gasteiger partial charge in [0.2, 0.25) is 0 Å². The summed E-state index contributed by atoms with van der Waals surface area (Å²) in [5.41, 5.74) is 2.42. The molecule has 0 amide bonds. The maximum Gasteiger partial charge on any atom is 0.119 e. The molecule has 71 valence electrons. The van der Waals surface area contributed by atoms with Crippen molar-refractivity contribution in [2.24, 2.45) is 0 Å². The molecular formula is C12H17O. The van der Waals surface area contributed by atoms with Gasteiger partial charge in [-0.1, -0.05) is 19.4 Å². The summed E-state index contributed by atoms with van der Waals surface area (Å²) in [6, 6.07) is 6.13. The highest BCUT2D eigenvalue weighted by atomic mass is 16.5. The Bertz CT molecular complexity index is 266. The maximum absolute atomic E-state index is 5.38. The molecule has 0 saturated carbocycles. The van der Waals surface area contributed by atoms with E-state index in [9.17, 15) is 0 Å². The molecule has 0 aromatic heterocycles. The Labute approximate surface area is 80.7 Å². The van der Waals surface area contributed by atoms with Gasteiger partial charge in [0, 0.05) is 0 Å². The fourth-order valence-corrected chi connectivity index (χ4v) is 1.37. The summed E-state index contributed by atoms with van der Waals surface area (Å²) in [5, 5.41) is 0. The van der Waals surface area contributed by atoms with E-state index in [1.54, 1.807) is 0 Å². The lowest BCUT2D eigenvalue weighted by atomic mass is 10.0. The first-order valence-electron chi connectivity index (χ1n) is 4.85. The Balaban J connectivity index is 2.79. The summed E-state index contributed by atoms with van der Waals surface area (Å²) in [6.07, 6.45) is 2.27. The van der Waals surface area contributed by atoms with Gasteiger partial charge in [0.15, 0.2) is 0 Å². The van der Waals surface area contributed by atoms with E-state index in [0.717, 1.165) is 24.2 Å². The Hall–Kier alpha value is -0.980. The molecule has 0 N–H and O–H groups in total. The van der Waals surface area contributed by atoms with Crippen LogP contribution in [-0.2, 0) is 6.42 Å². The van der Waals surface area contributed by atoms with Crippen LogP contribution < -0.4 is 4.74 Å². The van der Waals surface area contributed by atoms with E-state index >= 15 is 0 Å². The van der Waals surface area contributed by atoms with Crippen LogP contribution in [0.1, 0.15) is 31.4 Å². The van der Waals surface area contributed by atoms with Crippen LogP contribution in [-0.4, -0.2) is 6.61 Å². The number of hydrogen-bond donors (Lipinski definition) is 0. The Morgan fingerprint density at radius 1 is 1.31 bits per heavy atom. The SMILES string of the molecule is [CH2]c1cc(OCC)ccc1CCC. The molecule has 0 fully saturated rings. The Morgan fingerprint density at radius 2 is 2.08 bits per heavy atom. The van der Waals surface area contributed by atoms with Crippen LogP contribution in [0.4, 0.5) is 0 Å². The van der Waals surface area contributed by atoms with E-state index < -0.39 is 0 Å². The number of benzene rings is 1. The van der Waals surface area contributed by atoms with Crippen LogP contribution in [0.25, 0.3) is 0 Å². The van der Waals surface area contributed by atoms with Gasteiger partial charge in [-0.25, -0.2) is 0 Å². The molecule has 0 unspecified atom stereocenters. The second-order valence-electron chi connectivity index (χ2n) is 3.11. The van der Waals surface area contributed by atoms with Crippen molar-refractivity contribution in [3.63, 3.8) is 0 Å². The lowest BCUT2D eigenvalue weighted by Gasteiger charge is -2.07. The third-order valence-corrected chi connectivity index (χ3v) is 2.01. The van der Waals surface area contributed by atoms with Crippen molar-refractivity contribution >= 4 is 0 Å². The van der Waals surface area contributed by atoms with Crippen molar-refractivity contribution in [3.05, 3.63) is 36.2 Å². The molecule has 13 heavy (non-hydrogen) atoms. The highest BCUT2D eigenvalue weighted by Crippen LogP contribution is 2.18. The molecule has 0 atom stereocenters. The minimum absolute atomic E-state index is 0.715. The van der Waals surface area contributed by atoms with Gasteiger partial charge in [0.05, 0.1) is 6.61 Å². The second kappa shape index (κ2) is 4.90. The first-order chi connectivity index (χ1) is 6.27. The molecule has 1 aromatic rings. The lowest BCUT2D eigenvalue weighted by molar-refractivity contribution is 0.340. The van der Waals surface area contributed by atoms with Crippen LogP contribution >= 0.6 is 0 Å². The van der Waals surface area contributed by atoms with Gasteiger partial charge in [-0.05, 0) is 43.5 Å². The summed E-state index contributed by atoms with van der Waals surface area (Å²) in [7, 11) is 0. The second-order valence-corrected chi connectivity index (χ2v) is 3.11. The van der Waals surface area contributed by atoms with Crippen molar-refractivity contribution in [2.45, 2.75) is 26.7 Å². The van der Waals surface area contributed by atoms with E-state index in [-0.39, 0.29) is 0 Å². The average molecular weight is 177 g/mol. The number of aryl methyl sites for hydroxylation is 1. The summed E-state index contributed by atoms with van der Waals surface area (Å²) >= 11 is 0. The van der Waals surface area contributed by atoms with Crippen LogP contribution in [0.3, 0.4) is 0 Å². The van der Waals surface area contributed by atoms with Gasteiger partial charge in [-0.3, -0.25) is 0 Å². The van der Waals surface area contributed by atoms with Crippen molar-refractivity contribution in [3.8, 4) is 5.75 Å².